The molecule has 0 aromatic rings. The number of urea groups is 1. The van der Waals surface area contributed by atoms with Crippen LogP contribution in [0.4, 0.5) is 4.79 Å². The summed E-state index contributed by atoms with van der Waals surface area (Å²) >= 11 is 0. The largest absolute Gasteiger partial charge is 0.354 e. The van der Waals surface area contributed by atoms with E-state index < -0.39 is 6.04 Å². The van der Waals surface area contributed by atoms with E-state index >= 15 is 0 Å². The molecule has 0 radical (unpaired) electrons. The van der Waals surface area contributed by atoms with Gasteiger partial charge in [-0.25, -0.2) is 4.79 Å². The van der Waals surface area contributed by atoms with Crippen molar-refractivity contribution >= 4 is 11.9 Å². The lowest BCUT2D eigenvalue weighted by Crippen LogP contribution is -2.48. The van der Waals surface area contributed by atoms with Crippen LogP contribution in [-0.4, -0.2) is 43.5 Å². The molecule has 0 saturated carbocycles. The molecule has 1 atom stereocenters. The van der Waals surface area contributed by atoms with Crippen molar-refractivity contribution in [3.63, 3.8) is 0 Å². The summed E-state index contributed by atoms with van der Waals surface area (Å²) in [7, 11) is 3.26. The van der Waals surface area contributed by atoms with E-state index in [2.05, 4.69) is 10.6 Å². The highest BCUT2D eigenvalue weighted by molar-refractivity contribution is 5.86. The summed E-state index contributed by atoms with van der Waals surface area (Å²) < 4.78 is 0. The van der Waals surface area contributed by atoms with Crippen LogP contribution in [0.3, 0.4) is 0 Å². The van der Waals surface area contributed by atoms with E-state index in [-0.39, 0.29) is 11.9 Å². The van der Waals surface area contributed by atoms with Crippen molar-refractivity contribution in [2.75, 3.05) is 20.6 Å². The smallest absolute Gasteiger partial charge is 0.317 e. The number of carbonyl (C=O) groups excluding carboxylic acids is 2. The zero-order valence-corrected chi connectivity index (χ0v) is 9.26. The third kappa shape index (κ3) is 4.69. The molecule has 0 fully saturated rings. The van der Waals surface area contributed by atoms with Crippen molar-refractivity contribution in [1.29, 1.82) is 0 Å². The fourth-order valence-corrected chi connectivity index (χ4v) is 0.781. The van der Waals surface area contributed by atoms with Gasteiger partial charge in [-0.3, -0.25) is 4.79 Å². The Bertz CT molecular complexity index is 204. The van der Waals surface area contributed by atoms with E-state index in [1.54, 1.807) is 21.0 Å². The number of amides is 3. The first-order valence-electron chi connectivity index (χ1n) is 4.74. The van der Waals surface area contributed by atoms with E-state index in [0.717, 1.165) is 6.42 Å². The molecule has 0 aliphatic carbocycles. The van der Waals surface area contributed by atoms with E-state index in [0.29, 0.717) is 6.54 Å². The second-order valence-corrected chi connectivity index (χ2v) is 3.36. The minimum atomic E-state index is -0.489. The molecule has 0 spiro atoms. The summed E-state index contributed by atoms with van der Waals surface area (Å²) in [4.78, 5) is 23.9. The second kappa shape index (κ2) is 6.23. The summed E-state index contributed by atoms with van der Waals surface area (Å²) in [5.41, 5.74) is 0. The molecule has 0 saturated heterocycles. The molecule has 0 rings (SSSR count). The van der Waals surface area contributed by atoms with Gasteiger partial charge in [0.2, 0.25) is 5.91 Å². The third-order valence-corrected chi connectivity index (χ3v) is 1.69. The Morgan fingerprint density at radius 1 is 1.36 bits per heavy atom. The Morgan fingerprint density at radius 3 is 2.36 bits per heavy atom. The van der Waals surface area contributed by atoms with Gasteiger partial charge in [0.15, 0.2) is 0 Å². The number of hydrogen-bond acceptors (Lipinski definition) is 2. The Labute approximate surface area is 84.8 Å². The van der Waals surface area contributed by atoms with Gasteiger partial charge in [0.25, 0.3) is 0 Å². The van der Waals surface area contributed by atoms with Crippen molar-refractivity contribution in [1.82, 2.24) is 15.5 Å². The van der Waals surface area contributed by atoms with Crippen LogP contribution in [0.1, 0.15) is 20.3 Å². The number of nitrogens with one attached hydrogen (secondary N) is 2. The summed E-state index contributed by atoms with van der Waals surface area (Å²) in [6, 6.07) is -0.749. The van der Waals surface area contributed by atoms with Gasteiger partial charge in [-0.05, 0) is 13.3 Å². The molecule has 0 aromatic carbocycles. The first-order chi connectivity index (χ1) is 6.49. The van der Waals surface area contributed by atoms with Crippen molar-refractivity contribution in [3.05, 3.63) is 0 Å². The van der Waals surface area contributed by atoms with Gasteiger partial charge in [-0.2, -0.15) is 0 Å². The average Bonchev–Trinajstić information content (AvgIpc) is 2.13. The fourth-order valence-electron chi connectivity index (χ4n) is 0.781. The molecule has 0 aliphatic rings. The molecule has 0 heterocycles. The number of carbonyl (C=O) groups is 2. The van der Waals surface area contributed by atoms with Gasteiger partial charge in [-0.15, -0.1) is 0 Å². The second-order valence-electron chi connectivity index (χ2n) is 3.36. The predicted octanol–water partition coefficient (Wildman–Crippen LogP) is 0.172. The van der Waals surface area contributed by atoms with Gasteiger partial charge < -0.3 is 15.5 Å². The maximum Gasteiger partial charge on any atom is 0.317 e. The maximum absolute atomic E-state index is 11.3. The van der Waals surface area contributed by atoms with E-state index in [9.17, 15) is 9.59 Å². The highest BCUT2D eigenvalue weighted by Gasteiger charge is 2.15. The van der Waals surface area contributed by atoms with Crippen molar-refractivity contribution in [2.24, 2.45) is 0 Å². The SMILES string of the molecule is CCCNC(=O)C(C)NC(=O)N(C)C. The third-order valence-electron chi connectivity index (χ3n) is 1.69. The molecule has 0 aromatic heterocycles. The number of nitrogens with zero attached hydrogens (tertiary/aromatic N) is 1. The Balaban J connectivity index is 3.89. The van der Waals surface area contributed by atoms with Crippen LogP contribution in [0, 0.1) is 0 Å². The van der Waals surface area contributed by atoms with Gasteiger partial charge in [-0.1, -0.05) is 6.92 Å². The topological polar surface area (TPSA) is 61.4 Å². The lowest BCUT2D eigenvalue weighted by molar-refractivity contribution is -0.122. The zero-order chi connectivity index (χ0) is 11.1. The van der Waals surface area contributed by atoms with E-state index in [1.807, 2.05) is 6.92 Å². The number of rotatable bonds is 4. The van der Waals surface area contributed by atoms with Crippen LogP contribution in [0.25, 0.3) is 0 Å². The molecular weight excluding hydrogens is 182 g/mol. The minimum absolute atomic E-state index is 0.151. The lowest BCUT2D eigenvalue weighted by atomic mass is 10.3. The lowest BCUT2D eigenvalue weighted by Gasteiger charge is -2.17. The summed E-state index contributed by atoms with van der Waals surface area (Å²) in [5.74, 6) is -0.151. The Hall–Kier alpha value is -1.26. The van der Waals surface area contributed by atoms with Gasteiger partial charge >= 0.3 is 6.03 Å². The monoisotopic (exact) mass is 201 g/mol. The molecule has 1 unspecified atom stereocenters. The van der Waals surface area contributed by atoms with Crippen LogP contribution in [-0.2, 0) is 4.79 Å². The molecule has 14 heavy (non-hydrogen) atoms. The molecule has 3 amide bonds. The average molecular weight is 201 g/mol. The molecule has 0 bridgehead atoms. The van der Waals surface area contributed by atoms with Gasteiger partial charge in [0, 0.05) is 20.6 Å². The normalized spacial score (nSPS) is 11.7. The van der Waals surface area contributed by atoms with Crippen LogP contribution in [0.2, 0.25) is 0 Å². The molecule has 0 aliphatic heterocycles. The predicted molar refractivity (Wildman–Crippen MR) is 55.0 cm³/mol. The highest BCUT2D eigenvalue weighted by Crippen LogP contribution is 1.85. The molecule has 5 nitrogen and oxygen atoms in total. The minimum Gasteiger partial charge on any atom is -0.354 e. The quantitative estimate of drug-likeness (QED) is 0.681. The van der Waals surface area contributed by atoms with E-state index in [1.165, 1.54) is 4.90 Å². The Kier molecular flexibility index (Phi) is 5.67. The van der Waals surface area contributed by atoms with Crippen molar-refractivity contribution < 1.29 is 9.59 Å². The Morgan fingerprint density at radius 2 is 1.93 bits per heavy atom. The fraction of sp³-hybridized carbons (Fsp3) is 0.778. The van der Waals surface area contributed by atoms with Crippen molar-refractivity contribution in [2.45, 2.75) is 26.3 Å². The molecular formula is C9H19N3O2. The van der Waals surface area contributed by atoms with E-state index in [4.69, 9.17) is 0 Å². The zero-order valence-electron chi connectivity index (χ0n) is 9.26. The summed E-state index contributed by atoms with van der Waals surface area (Å²) in [6.07, 6.45) is 0.889. The first-order valence-corrected chi connectivity index (χ1v) is 4.74. The maximum atomic E-state index is 11.3. The van der Waals surface area contributed by atoms with Crippen LogP contribution >= 0.6 is 0 Å². The summed E-state index contributed by atoms with van der Waals surface area (Å²) in [5, 5.41) is 5.27. The van der Waals surface area contributed by atoms with Gasteiger partial charge in [0.1, 0.15) is 6.04 Å². The summed E-state index contributed by atoms with van der Waals surface area (Å²) in [6.45, 7) is 4.27. The molecule has 82 valence electrons. The van der Waals surface area contributed by atoms with Crippen LogP contribution in [0.15, 0.2) is 0 Å². The highest BCUT2D eigenvalue weighted by atomic mass is 16.2. The first kappa shape index (κ1) is 12.7. The number of hydrogen-bond donors (Lipinski definition) is 2. The standard InChI is InChI=1S/C9H19N3O2/c1-5-6-10-8(13)7(2)11-9(14)12(3)4/h7H,5-6H2,1-4H3,(H,10,13)(H,11,14). The van der Waals surface area contributed by atoms with Crippen LogP contribution in [0.5, 0.6) is 0 Å². The molecule has 5 heteroatoms. The molecule has 2 N–H and O–H groups in total. The van der Waals surface area contributed by atoms with Gasteiger partial charge in [0.05, 0.1) is 0 Å². The van der Waals surface area contributed by atoms with Crippen molar-refractivity contribution in [3.8, 4) is 0 Å². The van der Waals surface area contributed by atoms with Crippen LogP contribution < -0.4 is 10.6 Å².